The van der Waals surface area contributed by atoms with Crippen LogP contribution in [0.2, 0.25) is 0 Å². The standard InChI is InChI=1S/C15H17N3O2/c1-9(2)7-12(16)15-17-14(18-20-15)11-8-19-13-6-4-3-5-10(11)13/h3-6,8-9,12H,7,16H2,1-2H3/t12-/m1/s1. The van der Waals surface area contributed by atoms with Gasteiger partial charge in [0.25, 0.3) is 0 Å². The quantitative estimate of drug-likeness (QED) is 0.785. The van der Waals surface area contributed by atoms with Crippen molar-refractivity contribution < 1.29 is 8.94 Å². The number of aromatic nitrogens is 2. The largest absolute Gasteiger partial charge is 0.464 e. The van der Waals surface area contributed by atoms with Gasteiger partial charge in [0.2, 0.25) is 11.7 Å². The van der Waals surface area contributed by atoms with E-state index < -0.39 is 0 Å². The smallest absolute Gasteiger partial charge is 0.243 e. The van der Waals surface area contributed by atoms with Crippen LogP contribution in [-0.4, -0.2) is 10.1 Å². The number of benzene rings is 1. The van der Waals surface area contributed by atoms with Crippen molar-refractivity contribution in [2.24, 2.45) is 11.7 Å². The molecule has 0 amide bonds. The lowest BCUT2D eigenvalue weighted by Gasteiger charge is -2.08. The maximum atomic E-state index is 6.06. The lowest BCUT2D eigenvalue weighted by Crippen LogP contribution is -2.13. The summed E-state index contributed by atoms with van der Waals surface area (Å²) in [5, 5.41) is 4.98. The van der Waals surface area contributed by atoms with Crippen LogP contribution in [0.5, 0.6) is 0 Å². The highest BCUT2D eigenvalue weighted by Crippen LogP contribution is 2.29. The molecule has 0 aliphatic heterocycles. The number of nitrogens with zero attached hydrogens (tertiary/aromatic N) is 2. The zero-order valence-electron chi connectivity index (χ0n) is 11.5. The van der Waals surface area contributed by atoms with Gasteiger partial charge in [-0.05, 0) is 18.4 Å². The molecule has 0 spiro atoms. The van der Waals surface area contributed by atoms with Crippen molar-refractivity contribution >= 4 is 11.0 Å². The topological polar surface area (TPSA) is 78.1 Å². The van der Waals surface area contributed by atoms with E-state index in [-0.39, 0.29) is 6.04 Å². The highest BCUT2D eigenvalue weighted by molar-refractivity contribution is 5.91. The molecule has 0 fully saturated rings. The molecule has 0 radical (unpaired) electrons. The SMILES string of the molecule is CC(C)C[C@@H](N)c1nc(-c2coc3ccccc23)no1. The highest BCUT2D eigenvalue weighted by atomic mass is 16.5. The summed E-state index contributed by atoms with van der Waals surface area (Å²) in [6.07, 6.45) is 2.46. The predicted molar refractivity (Wildman–Crippen MR) is 75.9 cm³/mol. The minimum atomic E-state index is -0.227. The number of hydrogen-bond donors (Lipinski definition) is 1. The molecule has 1 aromatic carbocycles. The van der Waals surface area contributed by atoms with Gasteiger partial charge in [0.05, 0.1) is 11.6 Å². The van der Waals surface area contributed by atoms with Gasteiger partial charge in [0, 0.05) is 5.39 Å². The third-order valence-electron chi connectivity index (χ3n) is 3.21. The number of furan rings is 1. The second-order valence-corrected chi connectivity index (χ2v) is 5.34. The van der Waals surface area contributed by atoms with Gasteiger partial charge in [-0.2, -0.15) is 4.98 Å². The molecule has 0 saturated carbocycles. The van der Waals surface area contributed by atoms with E-state index in [1.807, 2.05) is 24.3 Å². The zero-order chi connectivity index (χ0) is 14.1. The number of fused-ring (bicyclic) bond motifs is 1. The van der Waals surface area contributed by atoms with Crippen LogP contribution < -0.4 is 5.73 Å². The summed E-state index contributed by atoms with van der Waals surface area (Å²) in [6, 6.07) is 7.53. The van der Waals surface area contributed by atoms with Crippen LogP contribution in [0.4, 0.5) is 0 Å². The fraction of sp³-hybridized carbons (Fsp3) is 0.333. The Hall–Kier alpha value is -2.14. The molecular weight excluding hydrogens is 254 g/mol. The van der Waals surface area contributed by atoms with E-state index in [0.29, 0.717) is 17.6 Å². The molecular formula is C15H17N3O2. The van der Waals surface area contributed by atoms with E-state index in [1.165, 1.54) is 0 Å². The van der Waals surface area contributed by atoms with Gasteiger partial charge in [-0.1, -0.05) is 37.2 Å². The Labute approximate surface area is 116 Å². The van der Waals surface area contributed by atoms with Crippen LogP contribution in [0.3, 0.4) is 0 Å². The molecule has 2 heterocycles. The fourth-order valence-electron chi connectivity index (χ4n) is 2.25. The number of nitrogens with two attached hydrogens (primary N) is 1. The second-order valence-electron chi connectivity index (χ2n) is 5.34. The van der Waals surface area contributed by atoms with Crippen molar-refractivity contribution in [1.29, 1.82) is 0 Å². The van der Waals surface area contributed by atoms with Gasteiger partial charge < -0.3 is 14.7 Å². The molecule has 0 saturated heterocycles. The molecule has 5 nitrogen and oxygen atoms in total. The molecule has 0 unspecified atom stereocenters. The van der Waals surface area contributed by atoms with Crippen LogP contribution in [-0.2, 0) is 0 Å². The average Bonchev–Trinajstić information content (AvgIpc) is 3.04. The van der Waals surface area contributed by atoms with Gasteiger partial charge in [0.1, 0.15) is 11.8 Å². The lowest BCUT2D eigenvalue weighted by atomic mass is 10.0. The van der Waals surface area contributed by atoms with Gasteiger partial charge >= 0.3 is 0 Å². The Morgan fingerprint density at radius 1 is 1.25 bits per heavy atom. The van der Waals surface area contributed by atoms with Crippen molar-refractivity contribution in [3.05, 3.63) is 36.4 Å². The summed E-state index contributed by atoms with van der Waals surface area (Å²) in [5.74, 6) is 1.47. The lowest BCUT2D eigenvalue weighted by molar-refractivity contribution is 0.335. The zero-order valence-corrected chi connectivity index (χ0v) is 11.5. The Morgan fingerprint density at radius 2 is 2.05 bits per heavy atom. The molecule has 104 valence electrons. The molecule has 1 atom stereocenters. The number of para-hydroxylation sites is 1. The summed E-state index contributed by atoms with van der Waals surface area (Å²) < 4.78 is 10.8. The minimum Gasteiger partial charge on any atom is -0.464 e. The van der Waals surface area contributed by atoms with Gasteiger partial charge in [-0.15, -0.1) is 0 Å². The number of hydrogen-bond acceptors (Lipinski definition) is 5. The molecule has 3 aromatic rings. The van der Waals surface area contributed by atoms with E-state index in [4.69, 9.17) is 14.7 Å². The molecule has 2 N–H and O–H groups in total. The van der Waals surface area contributed by atoms with Crippen LogP contribution >= 0.6 is 0 Å². The first-order valence-electron chi connectivity index (χ1n) is 6.71. The average molecular weight is 271 g/mol. The second kappa shape index (κ2) is 5.09. The van der Waals surface area contributed by atoms with Crippen molar-refractivity contribution in [1.82, 2.24) is 10.1 Å². The molecule has 0 aliphatic carbocycles. The van der Waals surface area contributed by atoms with Crippen LogP contribution in [0, 0.1) is 5.92 Å². The first-order chi connectivity index (χ1) is 9.65. The maximum Gasteiger partial charge on any atom is 0.243 e. The molecule has 0 aliphatic rings. The minimum absolute atomic E-state index is 0.227. The van der Waals surface area contributed by atoms with Gasteiger partial charge in [0.15, 0.2) is 0 Å². The number of rotatable bonds is 4. The predicted octanol–water partition coefficient (Wildman–Crippen LogP) is 3.53. The van der Waals surface area contributed by atoms with E-state index >= 15 is 0 Å². The molecule has 20 heavy (non-hydrogen) atoms. The maximum absolute atomic E-state index is 6.06. The Bertz CT molecular complexity index is 715. The summed E-state index contributed by atoms with van der Waals surface area (Å²) in [5.41, 5.74) is 7.69. The van der Waals surface area contributed by atoms with Crippen LogP contribution in [0.1, 0.15) is 32.2 Å². The summed E-state index contributed by atoms with van der Waals surface area (Å²) in [7, 11) is 0. The van der Waals surface area contributed by atoms with E-state index in [2.05, 4.69) is 24.0 Å². The molecule has 3 rings (SSSR count). The van der Waals surface area contributed by atoms with Crippen molar-refractivity contribution in [3.8, 4) is 11.4 Å². The molecule has 0 bridgehead atoms. The summed E-state index contributed by atoms with van der Waals surface area (Å²) in [6.45, 7) is 4.22. The normalized spacial score (nSPS) is 13.2. The van der Waals surface area contributed by atoms with E-state index in [1.54, 1.807) is 6.26 Å². The highest BCUT2D eigenvalue weighted by Gasteiger charge is 2.19. The van der Waals surface area contributed by atoms with Gasteiger partial charge in [-0.25, -0.2) is 0 Å². The third kappa shape index (κ3) is 2.32. The molecule has 5 heteroatoms. The summed E-state index contributed by atoms with van der Waals surface area (Å²) in [4.78, 5) is 4.39. The third-order valence-corrected chi connectivity index (χ3v) is 3.21. The Balaban J connectivity index is 1.94. The van der Waals surface area contributed by atoms with Crippen molar-refractivity contribution in [2.45, 2.75) is 26.3 Å². The van der Waals surface area contributed by atoms with Gasteiger partial charge in [-0.3, -0.25) is 0 Å². The first kappa shape index (κ1) is 12.9. The van der Waals surface area contributed by atoms with Crippen LogP contribution in [0.25, 0.3) is 22.4 Å². The van der Waals surface area contributed by atoms with Crippen LogP contribution in [0.15, 0.2) is 39.5 Å². The molecule has 2 aromatic heterocycles. The summed E-state index contributed by atoms with van der Waals surface area (Å²) >= 11 is 0. The monoisotopic (exact) mass is 271 g/mol. The Kier molecular flexibility index (Phi) is 3.28. The first-order valence-corrected chi connectivity index (χ1v) is 6.71. The van der Waals surface area contributed by atoms with E-state index in [0.717, 1.165) is 23.0 Å². The fourth-order valence-corrected chi connectivity index (χ4v) is 2.25. The Morgan fingerprint density at radius 3 is 2.85 bits per heavy atom. The van der Waals surface area contributed by atoms with Crippen molar-refractivity contribution in [2.75, 3.05) is 0 Å². The van der Waals surface area contributed by atoms with Crippen molar-refractivity contribution in [3.63, 3.8) is 0 Å². The van der Waals surface area contributed by atoms with E-state index in [9.17, 15) is 0 Å².